The molecule has 0 amide bonds. The summed E-state index contributed by atoms with van der Waals surface area (Å²) in [6.07, 6.45) is 0. The summed E-state index contributed by atoms with van der Waals surface area (Å²) in [6.45, 7) is 0. The van der Waals surface area contributed by atoms with E-state index >= 15 is 0 Å². The fourth-order valence-electron chi connectivity index (χ4n) is 2.43. The van der Waals surface area contributed by atoms with Gasteiger partial charge in [-0.05, 0) is 29.8 Å². The van der Waals surface area contributed by atoms with Crippen LogP contribution in [0.1, 0.15) is 17.4 Å². The van der Waals surface area contributed by atoms with Crippen LogP contribution in [0.2, 0.25) is 0 Å². The lowest BCUT2D eigenvalue weighted by molar-refractivity contribution is 0.414. The zero-order valence-corrected chi connectivity index (χ0v) is 11.6. The summed E-state index contributed by atoms with van der Waals surface area (Å²) in [4.78, 5) is 4.64. The summed E-state index contributed by atoms with van der Waals surface area (Å²) in [5.41, 5.74) is 9.40. The number of nitrogens with zero attached hydrogens (tertiary/aromatic N) is 2. The van der Waals surface area contributed by atoms with E-state index in [0.717, 1.165) is 28.2 Å². The number of fused-ring (bicyclic) bond motifs is 1. The molecule has 0 saturated heterocycles. The van der Waals surface area contributed by atoms with Crippen LogP contribution in [0.3, 0.4) is 0 Å². The predicted octanol–water partition coefficient (Wildman–Crippen LogP) is 2.63. The second-order valence-corrected chi connectivity index (χ2v) is 4.77. The van der Waals surface area contributed by atoms with E-state index in [0.29, 0.717) is 0 Å². The maximum Gasteiger partial charge on any atom is 0.131 e. The molecule has 4 nitrogen and oxygen atoms in total. The van der Waals surface area contributed by atoms with E-state index in [4.69, 9.17) is 10.5 Å². The first-order valence-electron chi connectivity index (χ1n) is 6.51. The van der Waals surface area contributed by atoms with E-state index in [1.165, 1.54) is 0 Å². The minimum Gasteiger partial charge on any atom is -0.497 e. The molecule has 0 fully saturated rings. The monoisotopic (exact) mass is 267 g/mol. The summed E-state index contributed by atoms with van der Waals surface area (Å²) in [7, 11) is 3.64. The van der Waals surface area contributed by atoms with E-state index < -0.39 is 0 Å². The number of hydrogen-bond donors (Lipinski definition) is 1. The Morgan fingerprint density at radius 3 is 2.70 bits per heavy atom. The third kappa shape index (κ3) is 2.04. The van der Waals surface area contributed by atoms with Crippen molar-refractivity contribution in [2.75, 3.05) is 7.11 Å². The van der Waals surface area contributed by atoms with E-state index in [2.05, 4.69) is 4.98 Å². The van der Waals surface area contributed by atoms with Crippen molar-refractivity contribution in [3.8, 4) is 5.75 Å². The zero-order chi connectivity index (χ0) is 14.1. The quantitative estimate of drug-likeness (QED) is 0.793. The Morgan fingerprint density at radius 2 is 1.95 bits per heavy atom. The van der Waals surface area contributed by atoms with Gasteiger partial charge in [0.25, 0.3) is 0 Å². The third-order valence-electron chi connectivity index (χ3n) is 3.55. The van der Waals surface area contributed by atoms with Crippen molar-refractivity contribution in [2.24, 2.45) is 12.8 Å². The van der Waals surface area contributed by atoms with E-state index in [1.54, 1.807) is 7.11 Å². The second-order valence-electron chi connectivity index (χ2n) is 4.77. The van der Waals surface area contributed by atoms with E-state index in [1.807, 2.05) is 60.1 Å². The molecule has 3 aromatic rings. The molecule has 0 aliphatic carbocycles. The molecule has 1 atom stereocenters. The van der Waals surface area contributed by atoms with Gasteiger partial charge in [-0.1, -0.05) is 24.3 Å². The predicted molar refractivity (Wildman–Crippen MR) is 79.7 cm³/mol. The van der Waals surface area contributed by atoms with Crippen LogP contribution >= 0.6 is 0 Å². The number of nitrogens with two attached hydrogens (primary N) is 1. The van der Waals surface area contributed by atoms with Crippen molar-refractivity contribution in [3.05, 3.63) is 59.9 Å². The van der Waals surface area contributed by atoms with Crippen LogP contribution in [-0.2, 0) is 7.05 Å². The van der Waals surface area contributed by atoms with Gasteiger partial charge < -0.3 is 15.0 Å². The maximum atomic E-state index is 6.37. The maximum absolute atomic E-state index is 6.37. The third-order valence-corrected chi connectivity index (χ3v) is 3.55. The highest BCUT2D eigenvalue weighted by atomic mass is 16.5. The van der Waals surface area contributed by atoms with Crippen molar-refractivity contribution < 1.29 is 4.74 Å². The number of hydrogen-bond acceptors (Lipinski definition) is 3. The highest BCUT2D eigenvalue weighted by Gasteiger charge is 2.16. The van der Waals surface area contributed by atoms with Crippen LogP contribution in [-0.4, -0.2) is 16.7 Å². The number of aromatic nitrogens is 2. The van der Waals surface area contributed by atoms with Crippen LogP contribution in [0, 0.1) is 0 Å². The molecule has 0 saturated carbocycles. The molecule has 1 unspecified atom stereocenters. The van der Waals surface area contributed by atoms with Crippen molar-refractivity contribution in [3.63, 3.8) is 0 Å². The molecule has 4 heteroatoms. The number of benzene rings is 2. The molecule has 1 heterocycles. The normalized spacial score (nSPS) is 12.6. The van der Waals surface area contributed by atoms with E-state index in [9.17, 15) is 0 Å². The molecular formula is C16H17N3O. The lowest BCUT2D eigenvalue weighted by Crippen LogP contribution is -2.16. The molecular weight excluding hydrogens is 250 g/mol. The highest BCUT2D eigenvalue weighted by Crippen LogP contribution is 2.25. The summed E-state index contributed by atoms with van der Waals surface area (Å²) >= 11 is 0. The number of para-hydroxylation sites is 2. The Hall–Kier alpha value is -2.33. The minimum absolute atomic E-state index is 0.275. The molecule has 1 aromatic heterocycles. The van der Waals surface area contributed by atoms with Crippen LogP contribution in [0.25, 0.3) is 11.0 Å². The van der Waals surface area contributed by atoms with Crippen molar-refractivity contribution in [1.82, 2.24) is 9.55 Å². The smallest absolute Gasteiger partial charge is 0.131 e. The van der Waals surface area contributed by atoms with Gasteiger partial charge in [-0.2, -0.15) is 0 Å². The molecule has 3 rings (SSSR count). The van der Waals surface area contributed by atoms with Gasteiger partial charge in [-0.25, -0.2) is 4.98 Å². The Kier molecular flexibility index (Phi) is 3.16. The van der Waals surface area contributed by atoms with Gasteiger partial charge in [-0.15, -0.1) is 0 Å². The van der Waals surface area contributed by atoms with Gasteiger partial charge in [0.1, 0.15) is 11.6 Å². The minimum atomic E-state index is -0.275. The Morgan fingerprint density at radius 1 is 1.15 bits per heavy atom. The number of rotatable bonds is 3. The average molecular weight is 267 g/mol. The Bertz CT molecular complexity index is 748. The molecule has 2 N–H and O–H groups in total. The fraction of sp³-hybridized carbons (Fsp3) is 0.188. The van der Waals surface area contributed by atoms with Gasteiger partial charge >= 0.3 is 0 Å². The largest absolute Gasteiger partial charge is 0.497 e. The van der Waals surface area contributed by atoms with E-state index in [-0.39, 0.29) is 6.04 Å². The number of methoxy groups -OCH3 is 1. The summed E-state index contributed by atoms with van der Waals surface area (Å²) in [5.74, 6) is 1.65. The van der Waals surface area contributed by atoms with Crippen LogP contribution < -0.4 is 10.5 Å². The van der Waals surface area contributed by atoms with Crippen molar-refractivity contribution in [2.45, 2.75) is 6.04 Å². The first kappa shape index (κ1) is 12.7. The van der Waals surface area contributed by atoms with Crippen LogP contribution in [0.4, 0.5) is 0 Å². The number of aryl methyl sites for hydroxylation is 1. The first-order valence-corrected chi connectivity index (χ1v) is 6.51. The molecule has 0 bridgehead atoms. The second kappa shape index (κ2) is 4.98. The topological polar surface area (TPSA) is 53.1 Å². The van der Waals surface area contributed by atoms with Crippen LogP contribution in [0.15, 0.2) is 48.5 Å². The summed E-state index contributed by atoms with van der Waals surface area (Å²) in [5, 5.41) is 0. The molecule has 2 aromatic carbocycles. The number of imidazole rings is 1. The van der Waals surface area contributed by atoms with Gasteiger partial charge in [0, 0.05) is 7.05 Å². The SMILES string of the molecule is COc1cccc(C(N)c2nc3ccccc3n2C)c1. The van der Waals surface area contributed by atoms with Gasteiger partial charge in [0.05, 0.1) is 24.2 Å². The summed E-state index contributed by atoms with van der Waals surface area (Å²) < 4.78 is 7.29. The molecule has 0 spiro atoms. The molecule has 0 aliphatic heterocycles. The Labute approximate surface area is 117 Å². The summed E-state index contributed by atoms with van der Waals surface area (Å²) in [6, 6.07) is 15.5. The molecule has 20 heavy (non-hydrogen) atoms. The lowest BCUT2D eigenvalue weighted by atomic mass is 10.1. The molecule has 0 aliphatic rings. The lowest BCUT2D eigenvalue weighted by Gasteiger charge is -2.13. The number of ether oxygens (including phenoxy) is 1. The van der Waals surface area contributed by atoms with Crippen molar-refractivity contribution >= 4 is 11.0 Å². The molecule has 0 radical (unpaired) electrons. The standard InChI is InChI=1S/C16H17N3O/c1-19-14-9-4-3-8-13(14)18-16(19)15(17)11-6-5-7-12(10-11)20-2/h3-10,15H,17H2,1-2H3. The fourth-order valence-corrected chi connectivity index (χ4v) is 2.43. The van der Waals surface area contributed by atoms with Crippen LogP contribution in [0.5, 0.6) is 5.75 Å². The zero-order valence-electron chi connectivity index (χ0n) is 11.6. The van der Waals surface area contributed by atoms with Crippen molar-refractivity contribution in [1.29, 1.82) is 0 Å². The van der Waals surface area contributed by atoms with Gasteiger partial charge in [0.2, 0.25) is 0 Å². The molecule has 102 valence electrons. The van der Waals surface area contributed by atoms with Gasteiger partial charge in [-0.3, -0.25) is 0 Å². The first-order chi connectivity index (χ1) is 9.70. The Balaban J connectivity index is 2.07. The average Bonchev–Trinajstić information content (AvgIpc) is 2.84. The van der Waals surface area contributed by atoms with Gasteiger partial charge in [0.15, 0.2) is 0 Å². The highest BCUT2D eigenvalue weighted by molar-refractivity contribution is 5.76.